The highest BCUT2D eigenvalue weighted by molar-refractivity contribution is 5.99. The van der Waals surface area contributed by atoms with Gasteiger partial charge < -0.3 is 10.2 Å². The van der Waals surface area contributed by atoms with Crippen LogP contribution in [0.2, 0.25) is 0 Å². The Morgan fingerprint density at radius 3 is 2.40 bits per heavy atom. The van der Waals surface area contributed by atoms with E-state index in [1.165, 1.54) is 4.90 Å². The van der Waals surface area contributed by atoms with E-state index in [0.29, 0.717) is 12.8 Å². The van der Waals surface area contributed by atoms with Gasteiger partial charge in [0, 0.05) is 13.0 Å². The third-order valence-electron chi connectivity index (χ3n) is 3.52. The first-order valence-corrected chi connectivity index (χ1v) is 6.78. The molecule has 0 aromatic rings. The van der Waals surface area contributed by atoms with Gasteiger partial charge in [0.25, 0.3) is 0 Å². The summed E-state index contributed by atoms with van der Waals surface area (Å²) in [5.74, 6) is -0.610. The zero-order valence-corrected chi connectivity index (χ0v) is 12.0. The van der Waals surface area contributed by atoms with Crippen molar-refractivity contribution in [1.82, 2.24) is 10.2 Å². The molecule has 1 N–H and O–H groups in total. The minimum atomic E-state index is -4.24. The number of hydrogen-bond donors (Lipinski definition) is 1. The first kappa shape index (κ1) is 16.8. The maximum atomic E-state index is 12.3. The van der Waals surface area contributed by atoms with Crippen LogP contribution in [-0.4, -0.2) is 41.0 Å². The molecule has 20 heavy (non-hydrogen) atoms. The summed E-state index contributed by atoms with van der Waals surface area (Å²) in [5, 5.41) is 2.64. The van der Waals surface area contributed by atoms with Crippen LogP contribution in [0.15, 0.2) is 0 Å². The van der Waals surface area contributed by atoms with Crippen LogP contribution in [0.5, 0.6) is 0 Å². The fraction of sp³-hybridized carbons (Fsp3) is 0.846. The standard InChI is InChI=1S/C13H21F3N2O2/c1-4-6-9-10(19)18(8-5-7-13(14,15)16)12(2,3)11(20)17-9/h9H,4-8H2,1-3H3,(H,17,20). The highest BCUT2D eigenvalue weighted by Gasteiger charge is 2.45. The van der Waals surface area contributed by atoms with Gasteiger partial charge in [-0.3, -0.25) is 9.59 Å². The van der Waals surface area contributed by atoms with E-state index < -0.39 is 24.2 Å². The summed E-state index contributed by atoms with van der Waals surface area (Å²) >= 11 is 0. The summed E-state index contributed by atoms with van der Waals surface area (Å²) < 4.78 is 36.6. The Kier molecular flexibility index (Phi) is 5.05. The molecule has 1 heterocycles. The van der Waals surface area contributed by atoms with Gasteiger partial charge in [0.1, 0.15) is 11.6 Å². The number of nitrogens with zero attached hydrogens (tertiary/aromatic N) is 1. The molecule has 7 heteroatoms. The van der Waals surface area contributed by atoms with Crippen molar-refractivity contribution in [2.45, 2.75) is 64.2 Å². The number of alkyl halides is 3. The summed E-state index contributed by atoms with van der Waals surface area (Å²) in [6.45, 7) is 4.93. The molecule has 4 nitrogen and oxygen atoms in total. The largest absolute Gasteiger partial charge is 0.389 e. The number of piperazine rings is 1. The lowest BCUT2D eigenvalue weighted by Crippen LogP contribution is -2.68. The van der Waals surface area contributed by atoms with Gasteiger partial charge in [0.2, 0.25) is 11.8 Å². The summed E-state index contributed by atoms with van der Waals surface area (Å²) in [4.78, 5) is 25.5. The predicted molar refractivity (Wildman–Crippen MR) is 67.9 cm³/mol. The van der Waals surface area contributed by atoms with Crippen molar-refractivity contribution < 1.29 is 22.8 Å². The number of carbonyl (C=O) groups is 2. The Morgan fingerprint density at radius 2 is 1.90 bits per heavy atom. The molecule has 2 amide bonds. The predicted octanol–water partition coefficient (Wildman–Crippen LogP) is 2.23. The van der Waals surface area contributed by atoms with E-state index in [1.54, 1.807) is 13.8 Å². The lowest BCUT2D eigenvalue weighted by molar-refractivity contribution is -0.157. The molecule has 1 atom stereocenters. The fourth-order valence-corrected chi connectivity index (χ4v) is 2.29. The van der Waals surface area contributed by atoms with Gasteiger partial charge in [0.05, 0.1) is 0 Å². The van der Waals surface area contributed by atoms with Crippen molar-refractivity contribution in [3.8, 4) is 0 Å². The number of rotatable bonds is 5. The minimum Gasteiger partial charge on any atom is -0.342 e. The summed E-state index contributed by atoms with van der Waals surface area (Å²) in [6.07, 6.45) is -4.17. The van der Waals surface area contributed by atoms with Gasteiger partial charge in [-0.15, -0.1) is 0 Å². The van der Waals surface area contributed by atoms with Crippen molar-refractivity contribution in [2.75, 3.05) is 6.54 Å². The molecule has 0 saturated carbocycles. The first-order valence-electron chi connectivity index (χ1n) is 6.78. The molecule has 0 radical (unpaired) electrons. The van der Waals surface area contributed by atoms with E-state index in [-0.39, 0.29) is 24.8 Å². The minimum absolute atomic E-state index is 0.0566. The number of nitrogens with one attached hydrogen (secondary N) is 1. The quantitative estimate of drug-likeness (QED) is 0.845. The van der Waals surface area contributed by atoms with Crippen LogP contribution in [-0.2, 0) is 9.59 Å². The van der Waals surface area contributed by atoms with Crippen LogP contribution in [0.4, 0.5) is 13.2 Å². The van der Waals surface area contributed by atoms with Gasteiger partial charge >= 0.3 is 6.18 Å². The molecule has 0 aliphatic carbocycles. The molecular formula is C13H21F3N2O2. The van der Waals surface area contributed by atoms with Crippen molar-refractivity contribution >= 4 is 11.8 Å². The van der Waals surface area contributed by atoms with Gasteiger partial charge in [-0.2, -0.15) is 13.2 Å². The second kappa shape index (κ2) is 6.01. The van der Waals surface area contributed by atoms with E-state index in [0.717, 1.165) is 0 Å². The van der Waals surface area contributed by atoms with Crippen LogP contribution in [0, 0.1) is 0 Å². The van der Waals surface area contributed by atoms with Gasteiger partial charge in [-0.05, 0) is 26.7 Å². The Bertz CT molecular complexity index is 380. The normalized spacial score (nSPS) is 22.9. The average molecular weight is 294 g/mol. The molecule has 1 fully saturated rings. The van der Waals surface area contributed by atoms with Crippen LogP contribution in [0.25, 0.3) is 0 Å². The van der Waals surface area contributed by atoms with Crippen molar-refractivity contribution in [3.63, 3.8) is 0 Å². The monoisotopic (exact) mass is 294 g/mol. The number of hydrogen-bond acceptors (Lipinski definition) is 2. The molecule has 1 aliphatic heterocycles. The lowest BCUT2D eigenvalue weighted by Gasteiger charge is -2.44. The van der Waals surface area contributed by atoms with Crippen LogP contribution in [0.3, 0.4) is 0 Å². The van der Waals surface area contributed by atoms with Gasteiger partial charge in [-0.1, -0.05) is 13.3 Å². The van der Waals surface area contributed by atoms with E-state index in [9.17, 15) is 22.8 Å². The number of amides is 2. The highest BCUT2D eigenvalue weighted by Crippen LogP contribution is 2.26. The third kappa shape index (κ3) is 3.86. The summed E-state index contributed by atoms with van der Waals surface area (Å²) in [5.41, 5.74) is -1.10. The summed E-state index contributed by atoms with van der Waals surface area (Å²) in [7, 11) is 0. The molecule has 1 rings (SSSR count). The summed E-state index contributed by atoms with van der Waals surface area (Å²) in [6, 6.07) is -0.619. The van der Waals surface area contributed by atoms with E-state index in [4.69, 9.17) is 0 Å². The van der Waals surface area contributed by atoms with Crippen molar-refractivity contribution in [2.24, 2.45) is 0 Å². The highest BCUT2D eigenvalue weighted by atomic mass is 19.4. The van der Waals surface area contributed by atoms with E-state index >= 15 is 0 Å². The maximum Gasteiger partial charge on any atom is 0.389 e. The topological polar surface area (TPSA) is 49.4 Å². The van der Waals surface area contributed by atoms with Gasteiger partial charge in [-0.25, -0.2) is 0 Å². The molecule has 1 unspecified atom stereocenters. The molecule has 0 aromatic carbocycles. The van der Waals surface area contributed by atoms with Crippen molar-refractivity contribution in [1.29, 1.82) is 0 Å². The zero-order chi connectivity index (χ0) is 15.6. The maximum absolute atomic E-state index is 12.3. The second-order valence-corrected chi connectivity index (χ2v) is 5.58. The zero-order valence-electron chi connectivity index (χ0n) is 12.0. The first-order chi connectivity index (χ1) is 9.09. The fourth-order valence-electron chi connectivity index (χ4n) is 2.29. The Morgan fingerprint density at radius 1 is 1.30 bits per heavy atom. The van der Waals surface area contributed by atoms with E-state index in [1.807, 2.05) is 6.92 Å². The van der Waals surface area contributed by atoms with Crippen LogP contribution < -0.4 is 5.32 Å². The molecular weight excluding hydrogens is 273 g/mol. The second-order valence-electron chi connectivity index (χ2n) is 5.58. The Hall–Kier alpha value is -1.27. The van der Waals surface area contributed by atoms with Crippen molar-refractivity contribution in [3.05, 3.63) is 0 Å². The molecule has 116 valence electrons. The van der Waals surface area contributed by atoms with Crippen LogP contribution in [0.1, 0.15) is 46.5 Å². The molecule has 1 saturated heterocycles. The van der Waals surface area contributed by atoms with Gasteiger partial charge in [0.15, 0.2) is 0 Å². The number of carbonyl (C=O) groups excluding carboxylic acids is 2. The average Bonchev–Trinajstić information content (AvgIpc) is 2.30. The Labute approximate surface area is 116 Å². The Balaban J connectivity index is 2.76. The third-order valence-corrected chi connectivity index (χ3v) is 3.52. The SMILES string of the molecule is CCCC1NC(=O)C(C)(C)N(CCCC(F)(F)F)C1=O. The smallest absolute Gasteiger partial charge is 0.342 e. The molecule has 0 aromatic heterocycles. The number of halogens is 3. The molecule has 1 aliphatic rings. The molecule has 0 bridgehead atoms. The van der Waals surface area contributed by atoms with E-state index in [2.05, 4.69) is 5.32 Å². The molecule has 0 spiro atoms. The lowest BCUT2D eigenvalue weighted by atomic mass is 9.93. The van der Waals surface area contributed by atoms with Crippen LogP contribution >= 0.6 is 0 Å².